The van der Waals surface area contributed by atoms with Crippen LogP contribution < -0.4 is 11.5 Å². The highest BCUT2D eigenvalue weighted by Gasteiger charge is 2.15. The van der Waals surface area contributed by atoms with Crippen molar-refractivity contribution in [3.8, 4) is 0 Å². The van der Waals surface area contributed by atoms with Crippen LogP contribution in [0.15, 0.2) is 0 Å². The van der Waals surface area contributed by atoms with Gasteiger partial charge in [-0.1, -0.05) is 38.5 Å². The van der Waals surface area contributed by atoms with Crippen LogP contribution in [0.1, 0.15) is 64.2 Å². The van der Waals surface area contributed by atoms with E-state index in [0.717, 1.165) is 0 Å². The molecule has 10 N–H and O–H groups in total. The van der Waals surface area contributed by atoms with Crippen LogP contribution in [0.5, 0.6) is 0 Å². The molecule has 2 fully saturated rings. The molecular weight excluding hydrogens is 351 g/mol. The highest BCUT2D eigenvalue weighted by Crippen LogP contribution is 2.35. The Morgan fingerprint density at radius 1 is 0.920 bits per heavy atom. The van der Waals surface area contributed by atoms with Gasteiger partial charge in [-0.25, -0.2) is 4.57 Å². The van der Waals surface area contributed by atoms with Crippen molar-refractivity contribution in [2.45, 2.75) is 82.4 Å². The summed E-state index contributed by atoms with van der Waals surface area (Å²) in [6, 6.07) is 1.07. The van der Waals surface area contributed by atoms with E-state index in [0.29, 0.717) is 12.1 Å². The molecule has 2 aliphatic rings. The summed E-state index contributed by atoms with van der Waals surface area (Å²) in [5.74, 6) is 0. The van der Waals surface area contributed by atoms with E-state index in [9.17, 15) is 4.57 Å². The van der Waals surface area contributed by atoms with Crippen molar-refractivity contribution < 1.29 is 34.6 Å². The van der Waals surface area contributed by atoms with Crippen LogP contribution in [-0.2, 0) is 9.09 Å². The van der Waals surface area contributed by atoms with Gasteiger partial charge in [0.05, 0.1) is 13.2 Å². The van der Waals surface area contributed by atoms with E-state index >= 15 is 0 Å². The van der Waals surface area contributed by atoms with Crippen molar-refractivity contribution in [2.75, 3.05) is 13.2 Å². The standard InChI is InChI=1S/2C6H13N.C3H9O6P.H2O/c2*7-6-4-2-1-3-5-6;4-1-3(5)2-9-10(6,7)8;/h2*6H,1-5,7H2;3-5H,1-2H2,(H2,6,7,8);1H2/t;;3-;/m..1./s1. The SMILES string of the molecule is NC1CCCCC1.NC1CCCCC1.O.O=P(O)(O)OC[C@H](O)CO. The zero-order valence-electron chi connectivity index (χ0n) is 14.9. The third kappa shape index (κ3) is 20.1. The molecule has 25 heavy (non-hydrogen) atoms. The monoisotopic (exact) mass is 388 g/mol. The lowest BCUT2D eigenvalue weighted by atomic mass is 9.97. The van der Waals surface area contributed by atoms with Gasteiger partial charge >= 0.3 is 7.82 Å². The molecule has 0 radical (unpaired) electrons. The fourth-order valence-corrected chi connectivity index (χ4v) is 2.87. The first-order valence-corrected chi connectivity index (χ1v) is 10.3. The van der Waals surface area contributed by atoms with Crippen LogP contribution in [0.25, 0.3) is 0 Å². The molecule has 10 heteroatoms. The van der Waals surface area contributed by atoms with Gasteiger partial charge in [0.2, 0.25) is 0 Å². The second-order valence-corrected chi connectivity index (χ2v) is 7.66. The first kappa shape index (κ1) is 27.1. The lowest BCUT2D eigenvalue weighted by Gasteiger charge is -2.15. The molecule has 2 rings (SSSR count). The normalized spacial score (nSPS) is 20.2. The van der Waals surface area contributed by atoms with Crippen LogP contribution >= 0.6 is 7.82 Å². The van der Waals surface area contributed by atoms with Gasteiger partial charge in [0.1, 0.15) is 6.10 Å². The van der Waals surface area contributed by atoms with Gasteiger partial charge in [0.25, 0.3) is 0 Å². The molecule has 2 aliphatic carbocycles. The van der Waals surface area contributed by atoms with Crippen LogP contribution in [-0.4, -0.2) is 56.9 Å². The van der Waals surface area contributed by atoms with E-state index in [4.69, 9.17) is 31.5 Å². The molecule has 0 bridgehead atoms. The van der Waals surface area contributed by atoms with Gasteiger partial charge in [-0.3, -0.25) is 4.52 Å². The minimum absolute atomic E-state index is 0. The first-order chi connectivity index (χ1) is 11.2. The Bertz CT molecular complexity index is 316. The Labute approximate surface area is 150 Å². The number of rotatable bonds is 4. The average Bonchev–Trinajstić information content (AvgIpc) is 2.54. The molecule has 154 valence electrons. The zero-order valence-corrected chi connectivity index (χ0v) is 15.8. The summed E-state index contributed by atoms with van der Waals surface area (Å²) >= 11 is 0. The van der Waals surface area contributed by atoms with Crippen molar-refractivity contribution >= 4 is 7.82 Å². The van der Waals surface area contributed by atoms with Crippen molar-refractivity contribution in [1.82, 2.24) is 0 Å². The Morgan fingerprint density at radius 2 is 1.28 bits per heavy atom. The quantitative estimate of drug-likeness (QED) is 0.367. The van der Waals surface area contributed by atoms with E-state index < -0.39 is 27.1 Å². The highest BCUT2D eigenvalue weighted by molar-refractivity contribution is 7.46. The van der Waals surface area contributed by atoms with Crippen molar-refractivity contribution in [1.29, 1.82) is 0 Å². The molecule has 2 saturated carbocycles. The predicted octanol–water partition coefficient (Wildman–Crippen LogP) is 0.180. The van der Waals surface area contributed by atoms with Gasteiger partial charge in [-0.05, 0) is 25.7 Å². The lowest BCUT2D eigenvalue weighted by Crippen LogP contribution is -2.22. The first-order valence-electron chi connectivity index (χ1n) is 8.74. The molecule has 0 unspecified atom stereocenters. The molecular formula is C15H37N2O7P. The second-order valence-electron chi connectivity index (χ2n) is 6.42. The number of phosphoric ester groups is 1. The number of aliphatic hydroxyl groups excluding tert-OH is 2. The third-order valence-electron chi connectivity index (χ3n) is 3.95. The Kier molecular flexibility index (Phi) is 17.5. The molecule has 0 saturated heterocycles. The molecule has 1 atom stereocenters. The fraction of sp³-hybridized carbons (Fsp3) is 1.00. The molecule has 0 aromatic rings. The summed E-state index contributed by atoms with van der Waals surface area (Å²) < 4.78 is 13.8. The number of hydrogen-bond donors (Lipinski definition) is 6. The Balaban J connectivity index is 0. The summed E-state index contributed by atoms with van der Waals surface area (Å²) in [5.41, 5.74) is 11.3. The molecule has 9 nitrogen and oxygen atoms in total. The van der Waals surface area contributed by atoms with E-state index in [1.807, 2.05) is 0 Å². The zero-order chi connectivity index (χ0) is 18.4. The highest BCUT2D eigenvalue weighted by atomic mass is 31.2. The predicted molar refractivity (Wildman–Crippen MR) is 96.8 cm³/mol. The average molecular weight is 388 g/mol. The van der Waals surface area contributed by atoms with Crippen molar-refractivity contribution in [3.05, 3.63) is 0 Å². The summed E-state index contributed by atoms with van der Waals surface area (Å²) in [4.78, 5) is 16.1. The number of nitrogens with two attached hydrogens (primary N) is 2. The summed E-state index contributed by atoms with van der Waals surface area (Å²) in [7, 11) is -4.50. The number of hydrogen-bond acceptors (Lipinski definition) is 6. The van der Waals surface area contributed by atoms with Crippen LogP contribution in [0.3, 0.4) is 0 Å². The molecule has 0 aromatic carbocycles. The van der Waals surface area contributed by atoms with Crippen LogP contribution in [0.4, 0.5) is 0 Å². The largest absolute Gasteiger partial charge is 0.469 e. The maximum Gasteiger partial charge on any atom is 0.469 e. The van der Waals surface area contributed by atoms with Crippen LogP contribution in [0, 0.1) is 0 Å². The fourth-order valence-electron chi connectivity index (χ4n) is 2.50. The van der Waals surface area contributed by atoms with E-state index in [-0.39, 0.29) is 5.48 Å². The summed E-state index contributed by atoms with van der Waals surface area (Å²) in [6.45, 7) is -1.15. The molecule has 0 aliphatic heterocycles. The minimum atomic E-state index is -4.50. The third-order valence-corrected chi connectivity index (χ3v) is 4.43. The maximum absolute atomic E-state index is 9.93. The van der Waals surface area contributed by atoms with Crippen molar-refractivity contribution in [3.63, 3.8) is 0 Å². The Hall–Kier alpha value is -0.0900. The topological polar surface area (TPSA) is 191 Å². The number of phosphoric acid groups is 1. The van der Waals surface area contributed by atoms with E-state index in [1.54, 1.807) is 0 Å². The minimum Gasteiger partial charge on any atom is -0.412 e. The van der Waals surface area contributed by atoms with Crippen molar-refractivity contribution in [2.24, 2.45) is 11.5 Å². The lowest BCUT2D eigenvalue weighted by molar-refractivity contribution is 0.0419. The van der Waals surface area contributed by atoms with Gasteiger partial charge < -0.3 is 36.9 Å². The molecule has 0 amide bonds. The summed E-state index contributed by atoms with van der Waals surface area (Å²) in [5, 5.41) is 16.7. The summed E-state index contributed by atoms with van der Waals surface area (Å²) in [6.07, 6.45) is 12.1. The Morgan fingerprint density at radius 3 is 1.48 bits per heavy atom. The molecule has 0 spiro atoms. The van der Waals surface area contributed by atoms with Gasteiger partial charge in [-0.15, -0.1) is 0 Å². The van der Waals surface area contributed by atoms with Gasteiger partial charge in [0, 0.05) is 12.1 Å². The van der Waals surface area contributed by atoms with Gasteiger partial charge in [0.15, 0.2) is 0 Å². The number of aliphatic hydroxyl groups is 2. The van der Waals surface area contributed by atoms with Gasteiger partial charge in [-0.2, -0.15) is 0 Å². The van der Waals surface area contributed by atoms with E-state index in [1.165, 1.54) is 64.2 Å². The maximum atomic E-state index is 9.93. The van der Waals surface area contributed by atoms with Crippen LogP contribution in [0.2, 0.25) is 0 Å². The molecule has 0 aromatic heterocycles. The smallest absolute Gasteiger partial charge is 0.412 e. The molecule has 0 heterocycles. The van der Waals surface area contributed by atoms with E-state index in [2.05, 4.69) is 4.52 Å². The second kappa shape index (κ2) is 16.1.